The van der Waals surface area contributed by atoms with Crippen LogP contribution in [0.4, 0.5) is 0 Å². The molecule has 0 saturated heterocycles. The number of aromatic hydroxyl groups is 1. The fraction of sp³-hybridized carbons (Fsp3) is 0.0625. The Balaban J connectivity index is 1.67. The Morgan fingerprint density at radius 1 is 1.35 bits per heavy atom. The number of nitrogens with zero attached hydrogens (tertiary/aromatic N) is 2. The zero-order chi connectivity index (χ0) is 16.2. The van der Waals surface area contributed by atoms with Crippen LogP contribution in [-0.4, -0.2) is 27.4 Å². The summed E-state index contributed by atoms with van der Waals surface area (Å²) in [4.78, 5) is 12.0. The van der Waals surface area contributed by atoms with Crippen LogP contribution in [0.3, 0.4) is 0 Å². The molecule has 116 valence electrons. The molecule has 0 aliphatic heterocycles. The fourth-order valence-electron chi connectivity index (χ4n) is 1.96. The highest BCUT2D eigenvalue weighted by Crippen LogP contribution is 2.20. The number of nitrogens with one attached hydrogen (secondary N) is 2. The molecule has 0 atom stereocenters. The standard InChI is InChI=1S/C16H14N4O3/c1-10-6-7-15(23-10)12-8-13(19-18-12)16(22)20-17-9-11-4-2-3-5-14(11)21/h2-9,21H,1H3,(H,18,19)(H,20,22)/b17-9-. The summed E-state index contributed by atoms with van der Waals surface area (Å²) in [6.07, 6.45) is 1.36. The van der Waals surface area contributed by atoms with Gasteiger partial charge in [-0.05, 0) is 31.2 Å². The molecule has 0 radical (unpaired) electrons. The SMILES string of the molecule is Cc1ccc(-c2cc(C(=O)N/N=C\c3ccccc3O)n[nH]2)o1. The number of furan rings is 1. The van der Waals surface area contributed by atoms with Crippen LogP contribution in [0.2, 0.25) is 0 Å². The smallest absolute Gasteiger partial charge is 0.291 e. The number of hydrazone groups is 1. The fourth-order valence-corrected chi connectivity index (χ4v) is 1.96. The molecule has 7 nitrogen and oxygen atoms in total. The molecule has 3 rings (SSSR count). The van der Waals surface area contributed by atoms with Gasteiger partial charge in [-0.25, -0.2) is 5.43 Å². The highest BCUT2D eigenvalue weighted by molar-refractivity contribution is 5.94. The molecule has 1 aromatic carbocycles. The van der Waals surface area contributed by atoms with Gasteiger partial charge in [-0.2, -0.15) is 10.2 Å². The first-order valence-electron chi connectivity index (χ1n) is 6.87. The number of benzene rings is 1. The zero-order valence-electron chi connectivity index (χ0n) is 12.3. The van der Waals surface area contributed by atoms with Crippen molar-refractivity contribution in [1.29, 1.82) is 0 Å². The van der Waals surface area contributed by atoms with Crippen molar-refractivity contribution in [2.75, 3.05) is 0 Å². The van der Waals surface area contributed by atoms with E-state index >= 15 is 0 Å². The number of aryl methyl sites for hydroxylation is 1. The van der Waals surface area contributed by atoms with E-state index in [1.165, 1.54) is 12.3 Å². The van der Waals surface area contributed by atoms with Crippen molar-refractivity contribution in [2.24, 2.45) is 5.10 Å². The first kappa shape index (κ1) is 14.6. The summed E-state index contributed by atoms with van der Waals surface area (Å²) in [5, 5.41) is 20.1. The molecule has 0 unspecified atom stereocenters. The van der Waals surface area contributed by atoms with Crippen LogP contribution in [0.5, 0.6) is 5.75 Å². The first-order chi connectivity index (χ1) is 11.1. The Morgan fingerprint density at radius 2 is 2.17 bits per heavy atom. The lowest BCUT2D eigenvalue weighted by Gasteiger charge is -1.97. The summed E-state index contributed by atoms with van der Waals surface area (Å²) in [5.74, 6) is 0.989. The molecule has 7 heteroatoms. The van der Waals surface area contributed by atoms with E-state index in [2.05, 4.69) is 20.7 Å². The zero-order valence-corrected chi connectivity index (χ0v) is 12.3. The van der Waals surface area contributed by atoms with Gasteiger partial charge in [0, 0.05) is 11.6 Å². The molecular formula is C16H14N4O3. The first-order valence-corrected chi connectivity index (χ1v) is 6.87. The van der Waals surface area contributed by atoms with E-state index in [1.807, 2.05) is 13.0 Å². The predicted octanol–water partition coefficient (Wildman–Crippen LogP) is 2.45. The molecule has 2 heterocycles. The number of carbonyl (C=O) groups excluding carboxylic acids is 1. The Kier molecular flexibility index (Phi) is 3.92. The number of hydrogen-bond acceptors (Lipinski definition) is 5. The second-order valence-electron chi connectivity index (χ2n) is 4.84. The van der Waals surface area contributed by atoms with Crippen molar-refractivity contribution < 1.29 is 14.3 Å². The maximum atomic E-state index is 12.0. The van der Waals surface area contributed by atoms with Crippen LogP contribution in [0, 0.1) is 6.92 Å². The minimum Gasteiger partial charge on any atom is -0.507 e. The summed E-state index contributed by atoms with van der Waals surface area (Å²) in [6, 6.07) is 11.9. The summed E-state index contributed by atoms with van der Waals surface area (Å²) in [5.41, 5.74) is 3.64. The van der Waals surface area contributed by atoms with Gasteiger partial charge in [0.15, 0.2) is 11.5 Å². The Hall–Kier alpha value is -3.35. The Labute approximate surface area is 131 Å². The Bertz CT molecular complexity index is 864. The van der Waals surface area contributed by atoms with Gasteiger partial charge in [0.25, 0.3) is 5.91 Å². The van der Waals surface area contributed by atoms with Crippen molar-refractivity contribution in [2.45, 2.75) is 6.92 Å². The number of para-hydroxylation sites is 1. The molecule has 2 aromatic heterocycles. The molecule has 3 aromatic rings. The van der Waals surface area contributed by atoms with Crippen molar-refractivity contribution >= 4 is 12.1 Å². The van der Waals surface area contributed by atoms with Gasteiger partial charge in [0.05, 0.1) is 6.21 Å². The van der Waals surface area contributed by atoms with Crippen molar-refractivity contribution in [3.05, 3.63) is 59.5 Å². The van der Waals surface area contributed by atoms with E-state index in [0.717, 1.165) is 5.76 Å². The van der Waals surface area contributed by atoms with Crippen LogP contribution < -0.4 is 5.43 Å². The number of hydrogen-bond donors (Lipinski definition) is 3. The number of rotatable bonds is 4. The van der Waals surface area contributed by atoms with E-state index in [4.69, 9.17) is 4.42 Å². The van der Waals surface area contributed by atoms with Crippen LogP contribution in [0.1, 0.15) is 21.8 Å². The molecular weight excluding hydrogens is 296 g/mol. The molecule has 23 heavy (non-hydrogen) atoms. The van der Waals surface area contributed by atoms with Crippen LogP contribution in [0.25, 0.3) is 11.5 Å². The molecule has 0 saturated carbocycles. The normalized spacial score (nSPS) is 11.0. The summed E-state index contributed by atoms with van der Waals surface area (Å²) < 4.78 is 5.45. The third-order valence-corrected chi connectivity index (χ3v) is 3.12. The van der Waals surface area contributed by atoms with Gasteiger partial charge in [-0.1, -0.05) is 12.1 Å². The minimum atomic E-state index is -0.470. The van der Waals surface area contributed by atoms with Gasteiger partial charge >= 0.3 is 0 Å². The summed E-state index contributed by atoms with van der Waals surface area (Å²) in [7, 11) is 0. The number of carbonyl (C=O) groups is 1. The van der Waals surface area contributed by atoms with Crippen molar-refractivity contribution in [3.8, 4) is 17.2 Å². The lowest BCUT2D eigenvalue weighted by atomic mass is 10.2. The second kappa shape index (κ2) is 6.18. The number of amides is 1. The maximum absolute atomic E-state index is 12.0. The monoisotopic (exact) mass is 310 g/mol. The third kappa shape index (κ3) is 3.29. The van der Waals surface area contributed by atoms with E-state index in [1.54, 1.807) is 30.3 Å². The third-order valence-electron chi connectivity index (χ3n) is 3.12. The highest BCUT2D eigenvalue weighted by Gasteiger charge is 2.12. The van der Waals surface area contributed by atoms with E-state index < -0.39 is 5.91 Å². The number of H-pyrrole nitrogens is 1. The van der Waals surface area contributed by atoms with Gasteiger partial charge in [-0.3, -0.25) is 9.89 Å². The van der Waals surface area contributed by atoms with Gasteiger partial charge in [-0.15, -0.1) is 0 Å². The molecule has 0 fully saturated rings. The summed E-state index contributed by atoms with van der Waals surface area (Å²) >= 11 is 0. The van der Waals surface area contributed by atoms with Crippen LogP contribution in [0.15, 0.2) is 52.0 Å². The van der Waals surface area contributed by atoms with Crippen molar-refractivity contribution in [3.63, 3.8) is 0 Å². The summed E-state index contributed by atoms with van der Waals surface area (Å²) in [6.45, 7) is 1.83. The minimum absolute atomic E-state index is 0.0840. The number of phenols is 1. The average molecular weight is 310 g/mol. The maximum Gasteiger partial charge on any atom is 0.291 e. The number of aromatic amines is 1. The number of phenolic OH excluding ortho intramolecular Hbond substituents is 1. The molecule has 0 spiro atoms. The number of aromatic nitrogens is 2. The van der Waals surface area contributed by atoms with Crippen LogP contribution in [-0.2, 0) is 0 Å². The molecule has 0 aliphatic rings. The molecule has 0 aliphatic carbocycles. The van der Waals surface area contributed by atoms with Crippen molar-refractivity contribution in [1.82, 2.24) is 15.6 Å². The molecule has 0 bridgehead atoms. The molecule has 3 N–H and O–H groups in total. The van der Waals surface area contributed by atoms with E-state index in [9.17, 15) is 9.90 Å². The second-order valence-corrected chi connectivity index (χ2v) is 4.84. The predicted molar refractivity (Wildman–Crippen MR) is 84.2 cm³/mol. The topological polar surface area (TPSA) is 104 Å². The quantitative estimate of drug-likeness (QED) is 0.508. The van der Waals surface area contributed by atoms with E-state index in [0.29, 0.717) is 17.0 Å². The van der Waals surface area contributed by atoms with Crippen LogP contribution >= 0.6 is 0 Å². The Morgan fingerprint density at radius 3 is 2.91 bits per heavy atom. The largest absolute Gasteiger partial charge is 0.507 e. The average Bonchev–Trinajstić information content (AvgIpc) is 3.18. The van der Waals surface area contributed by atoms with Gasteiger partial charge in [0.1, 0.15) is 17.2 Å². The lowest BCUT2D eigenvalue weighted by molar-refractivity contribution is 0.0950. The highest BCUT2D eigenvalue weighted by atomic mass is 16.3. The lowest BCUT2D eigenvalue weighted by Crippen LogP contribution is -2.18. The van der Waals surface area contributed by atoms with Gasteiger partial charge < -0.3 is 9.52 Å². The molecule has 1 amide bonds. The van der Waals surface area contributed by atoms with Gasteiger partial charge in [0.2, 0.25) is 0 Å². The van der Waals surface area contributed by atoms with E-state index in [-0.39, 0.29) is 11.4 Å².